The molecule has 0 bridgehead atoms. The Morgan fingerprint density at radius 1 is 0.914 bits per heavy atom. The Hall–Kier alpha value is -3.35. The third kappa shape index (κ3) is 5.84. The van der Waals surface area contributed by atoms with Crippen LogP contribution in [0, 0.1) is 17.3 Å². The van der Waals surface area contributed by atoms with Crippen molar-refractivity contribution < 1.29 is 24.2 Å². The molecule has 0 fully saturated rings. The minimum atomic E-state index is -1.09. The Morgan fingerprint density at radius 3 is 1.89 bits per heavy atom. The number of fused-ring (bicyclic) bond motifs is 3. The second-order valence-corrected chi connectivity index (χ2v) is 10.7. The Balaban J connectivity index is 1.66. The highest BCUT2D eigenvalue weighted by Crippen LogP contribution is 2.44. The van der Waals surface area contributed by atoms with E-state index in [0.717, 1.165) is 22.3 Å². The molecule has 3 atom stereocenters. The maximum absolute atomic E-state index is 13.0. The van der Waals surface area contributed by atoms with Crippen molar-refractivity contribution in [3.05, 3.63) is 59.7 Å². The van der Waals surface area contributed by atoms with Crippen LogP contribution in [0.4, 0.5) is 4.79 Å². The first kappa shape index (κ1) is 26.3. The molecule has 0 saturated carbocycles. The SMILES string of the molecule is CC(C)C(C(=O)N[C@H](C(=O)O)C(C)(C)C)C(C)NC(=O)OCC1c2ccccc2-c2ccccc21. The van der Waals surface area contributed by atoms with Gasteiger partial charge in [0.05, 0.1) is 5.92 Å². The molecular weight excluding hydrogens is 444 g/mol. The van der Waals surface area contributed by atoms with Crippen LogP contribution in [0.25, 0.3) is 11.1 Å². The number of carboxylic acids is 1. The van der Waals surface area contributed by atoms with Crippen LogP contribution in [0.3, 0.4) is 0 Å². The van der Waals surface area contributed by atoms with Crippen molar-refractivity contribution in [2.45, 2.75) is 59.5 Å². The predicted molar refractivity (Wildman–Crippen MR) is 135 cm³/mol. The number of carbonyl (C=O) groups excluding carboxylic acids is 2. The van der Waals surface area contributed by atoms with Crippen molar-refractivity contribution >= 4 is 18.0 Å². The lowest BCUT2D eigenvalue weighted by atomic mass is 9.84. The van der Waals surface area contributed by atoms with Crippen LogP contribution in [0.2, 0.25) is 0 Å². The van der Waals surface area contributed by atoms with Crippen LogP contribution >= 0.6 is 0 Å². The molecule has 0 radical (unpaired) electrons. The topological polar surface area (TPSA) is 105 Å². The Bertz CT molecular complexity index is 1040. The van der Waals surface area contributed by atoms with E-state index in [2.05, 4.69) is 34.9 Å². The summed E-state index contributed by atoms with van der Waals surface area (Å²) < 4.78 is 5.62. The summed E-state index contributed by atoms with van der Waals surface area (Å²) in [6, 6.07) is 14.6. The number of alkyl carbamates (subject to hydrolysis) is 1. The first-order valence-corrected chi connectivity index (χ1v) is 12.1. The third-order valence-corrected chi connectivity index (χ3v) is 6.65. The molecule has 2 aromatic carbocycles. The number of hydrogen-bond donors (Lipinski definition) is 3. The van der Waals surface area contributed by atoms with Crippen molar-refractivity contribution in [3.63, 3.8) is 0 Å². The molecule has 3 N–H and O–H groups in total. The molecule has 1 aliphatic rings. The van der Waals surface area contributed by atoms with Gasteiger partial charge in [-0.15, -0.1) is 0 Å². The fourth-order valence-electron chi connectivity index (χ4n) is 4.91. The summed E-state index contributed by atoms with van der Waals surface area (Å²) in [6.07, 6.45) is -0.608. The first-order chi connectivity index (χ1) is 16.4. The fourth-order valence-corrected chi connectivity index (χ4v) is 4.91. The lowest BCUT2D eigenvalue weighted by Crippen LogP contribution is -2.55. The van der Waals surface area contributed by atoms with Gasteiger partial charge >= 0.3 is 12.1 Å². The number of rotatable bonds is 8. The molecule has 0 spiro atoms. The molecule has 7 heteroatoms. The van der Waals surface area contributed by atoms with Gasteiger partial charge in [-0.2, -0.15) is 0 Å². The van der Waals surface area contributed by atoms with Gasteiger partial charge in [-0.25, -0.2) is 9.59 Å². The molecule has 2 unspecified atom stereocenters. The number of ether oxygens (including phenoxy) is 1. The number of hydrogen-bond acceptors (Lipinski definition) is 4. The minimum Gasteiger partial charge on any atom is -0.480 e. The standard InChI is InChI=1S/C28H36N2O5/c1-16(2)23(25(31)30-24(26(32)33)28(4,5)6)17(3)29-27(34)35-15-22-20-13-9-7-11-18(20)19-12-8-10-14-21(19)22/h7-14,16-17,22-24H,15H2,1-6H3,(H,29,34)(H,30,31)(H,32,33)/t17?,23?,24-/m1/s1. The highest BCUT2D eigenvalue weighted by molar-refractivity contribution is 5.86. The molecule has 0 aliphatic heterocycles. The molecule has 0 aromatic heterocycles. The molecule has 2 amide bonds. The van der Waals surface area contributed by atoms with E-state index in [-0.39, 0.29) is 18.4 Å². The molecule has 188 valence electrons. The van der Waals surface area contributed by atoms with Gasteiger partial charge in [-0.05, 0) is 40.5 Å². The van der Waals surface area contributed by atoms with E-state index in [0.29, 0.717) is 0 Å². The summed E-state index contributed by atoms with van der Waals surface area (Å²) in [5, 5.41) is 15.0. The first-order valence-electron chi connectivity index (χ1n) is 12.1. The van der Waals surface area contributed by atoms with Crippen LogP contribution in [0.5, 0.6) is 0 Å². The van der Waals surface area contributed by atoms with Gasteiger partial charge in [-0.3, -0.25) is 4.79 Å². The fraction of sp³-hybridized carbons (Fsp3) is 0.464. The Morgan fingerprint density at radius 2 is 1.43 bits per heavy atom. The van der Waals surface area contributed by atoms with Gasteiger partial charge in [0.2, 0.25) is 5.91 Å². The zero-order chi connectivity index (χ0) is 25.9. The van der Waals surface area contributed by atoms with Crippen LogP contribution in [-0.2, 0) is 14.3 Å². The Labute approximate surface area is 207 Å². The van der Waals surface area contributed by atoms with Gasteiger partial charge in [-0.1, -0.05) is 83.1 Å². The highest BCUT2D eigenvalue weighted by atomic mass is 16.5. The number of nitrogens with one attached hydrogen (secondary N) is 2. The molecule has 0 heterocycles. The zero-order valence-corrected chi connectivity index (χ0v) is 21.3. The second kappa shape index (κ2) is 10.5. The van der Waals surface area contributed by atoms with Gasteiger partial charge in [0.1, 0.15) is 12.6 Å². The van der Waals surface area contributed by atoms with Crippen molar-refractivity contribution in [1.29, 1.82) is 0 Å². The molecule has 35 heavy (non-hydrogen) atoms. The highest BCUT2D eigenvalue weighted by Gasteiger charge is 2.37. The largest absolute Gasteiger partial charge is 0.480 e. The average Bonchev–Trinajstić information content (AvgIpc) is 3.08. The van der Waals surface area contributed by atoms with E-state index in [9.17, 15) is 19.5 Å². The number of carboxylic acid groups (broad SMARTS) is 1. The van der Waals surface area contributed by atoms with Crippen LogP contribution in [0.1, 0.15) is 58.6 Å². The summed E-state index contributed by atoms with van der Waals surface area (Å²) in [5.41, 5.74) is 3.88. The number of amides is 2. The van der Waals surface area contributed by atoms with Crippen LogP contribution in [-0.4, -0.2) is 41.8 Å². The van der Waals surface area contributed by atoms with E-state index in [1.807, 2.05) is 38.1 Å². The third-order valence-electron chi connectivity index (χ3n) is 6.65. The van der Waals surface area contributed by atoms with Crippen LogP contribution in [0.15, 0.2) is 48.5 Å². The number of aliphatic carboxylic acids is 1. The molecule has 3 rings (SSSR count). The monoisotopic (exact) mass is 480 g/mol. The minimum absolute atomic E-state index is 0.0595. The maximum Gasteiger partial charge on any atom is 0.407 e. The number of carbonyl (C=O) groups is 3. The molecule has 0 saturated heterocycles. The molecule has 7 nitrogen and oxygen atoms in total. The predicted octanol–water partition coefficient (Wildman–Crippen LogP) is 4.80. The van der Waals surface area contributed by atoms with E-state index in [4.69, 9.17) is 4.74 Å². The average molecular weight is 481 g/mol. The maximum atomic E-state index is 13.0. The van der Waals surface area contributed by atoms with Gasteiger partial charge in [0, 0.05) is 12.0 Å². The smallest absolute Gasteiger partial charge is 0.407 e. The van der Waals surface area contributed by atoms with Crippen molar-refractivity contribution in [1.82, 2.24) is 10.6 Å². The van der Waals surface area contributed by atoms with Gasteiger partial charge in [0.25, 0.3) is 0 Å². The summed E-state index contributed by atoms with van der Waals surface area (Å²) in [5.74, 6) is -2.32. The van der Waals surface area contributed by atoms with Gasteiger partial charge < -0.3 is 20.5 Å². The second-order valence-electron chi connectivity index (χ2n) is 10.7. The van der Waals surface area contributed by atoms with E-state index >= 15 is 0 Å². The van der Waals surface area contributed by atoms with Crippen molar-refractivity contribution in [2.75, 3.05) is 6.61 Å². The normalized spacial score (nSPS) is 15.5. The van der Waals surface area contributed by atoms with E-state index in [1.165, 1.54) is 0 Å². The molecule has 2 aromatic rings. The Kier molecular flexibility index (Phi) is 7.88. The molecule has 1 aliphatic carbocycles. The lowest BCUT2D eigenvalue weighted by molar-refractivity contribution is -0.146. The van der Waals surface area contributed by atoms with E-state index < -0.39 is 41.4 Å². The van der Waals surface area contributed by atoms with Crippen molar-refractivity contribution in [2.24, 2.45) is 17.3 Å². The van der Waals surface area contributed by atoms with Crippen LogP contribution < -0.4 is 10.6 Å². The van der Waals surface area contributed by atoms with Gasteiger partial charge in [0.15, 0.2) is 0 Å². The summed E-state index contributed by atoms with van der Waals surface area (Å²) >= 11 is 0. The van der Waals surface area contributed by atoms with E-state index in [1.54, 1.807) is 27.7 Å². The quantitative estimate of drug-likeness (QED) is 0.503. The molecular formula is C28H36N2O5. The summed E-state index contributed by atoms with van der Waals surface area (Å²) in [4.78, 5) is 37.5. The number of benzene rings is 2. The zero-order valence-electron chi connectivity index (χ0n) is 21.3. The lowest BCUT2D eigenvalue weighted by Gasteiger charge is -2.32. The van der Waals surface area contributed by atoms with Crippen molar-refractivity contribution in [3.8, 4) is 11.1 Å². The summed E-state index contributed by atoms with van der Waals surface area (Å²) in [6.45, 7) is 10.9. The summed E-state index contributed by atoms with van der Waals surface area (Å²) in [7, 11) is 0.